The third kappa shape index (κ3) is 3.13. The normalized spacial score (nSPS) is 14.0. The maximum absolute atomic E-state index is 11.7. The van der Waals surface area contributed by atoms with Gasteiger partial charge in [0, 0.05) is 12.7 Å². The topological polar surface area (TPSA) is 86.9 Å². The Morgan fingerprint density at radius 1 is 1.37 bits per heavy atom. The molecule has 0 aliphatic rings. The summed E-state index contributed by atoms with van der Waals surface area (Å²) in [5.41, 5.74) is 11.2. The molecule has 1 aromatic heterocycles. The van der Waals surface area contributed by atoms with Gasteiger partial charge >= 0.3 is 0 Å². The van der Waals surface area contributed by atoms with Crippen LogP contribution in [-0.2, 0) is 16.9 Å². The zero-order valence-electron chi connectivity index (χ0n) is 10.3. The summed E-state index contributed by atoms with van der Waals surface area (Å²) < 4.78 is 2.80. The van der Waals surface area contributed by atoms with Gasteiger partial charge in [-0.15, -0.1) is 0 Å². The van der Waals surface area contributed by atoms with Crippen LogP contribution in [0.5, 0.6) is 0 Å². The van der Waals surface area contributed by atoms with Crippen molar-refractivity contribution >= 4 is 28.5 Å². The van der Waals surface area contributed by atoms with Crippen LogP contribution in [0.2, 0.25) is 0 Å². The first-order valence-electron chi connectivity index (χ1n) is 5.84. The maximum atomic E-state index is 11.7. The van der Waals surface area contributed by atoms with Gasteiger partial charge < -0.3 is 11.5 Å². The van der Waals surface area contributed by atoms with Crippen LogP contribution in [-0.4, -0.2) is 15.7 Å². The third-order valence-electron chi connectivity index (χ3n) is 3.07. The van der Waals surface area contributed by atoms with Crippen molar-refractivity contribution < 1.29 is 4.79 Å². The monoisotopic (exact) mass is 370 g/mol. The molecule has 19 heavy (non-hydrogen) atoms. The van der Waals surface area contributed by atoms with Crippen molar-refractivity contribution in [2.75, 3.05) is 0 Å². The van der Waals surface area contributed by atoms with Crippen molar-refractivity contribution in [3.63, 3.8) is 0 Å². The van der Waals surface area contributed by atoms with E-state index in [0.717, 1.165) is 9.13 Å². The molecule has 0 saturated carbocycles. The number of nitrogens with zero attached hydrogens (tertiary/aromatic N) is 2. The highest BCUT2D eigenvalue weighted by Gasteiger charge is 2.33. The molecule has 2 aromatic rings. The zero-order valence-corrected chi connectivity index (χ0v) is 12.4. The average Bonchev–Trinajstić information content (AvgIpc) is 2.82. The largest absolute Gasteiger partial charge is 0.368 e. The quantitative estimate of drug-likeness (QED) is 0.776. The summed E-state index contributed by atoms with van der Waals surface area (Å²) in [6.45, 7) is 0.539. The lowest BCUT2D eigenvalue weighted by atomic mass is 9.87. The number of halogens is 1. The van der Waals surface area contributed by atoms with E-state index < -0.39 is 11.4 Å². The van der Waals surface area contributed by atoms with Crippen molar-refractivity contribution in [2.24, 2.45) is 11.5 Å². The fourth-order valence-corrected chi connectivity index (χ4v) is 2.34. The molecule has 0 saturated heterocycles. The summed E-state index contributed by atoms with van der Waals surface area (Å²) >= 11 is 2.18. The van der Waals surface area contributed by atoms with Gasteiger partial charge in [-0.2, -0.15) is 5.10 Å². The maximum Gasteiger partial charge on any atom is 0.242 e. The minimum atomic E-state index is -1.17. The molecule has 1 heterocycles. The predicted molar refractivity (Wildman–Crippen MR) is 81.1 cm³/mol. The number of hydrogen-bond donors (Lipinski definition) is 2. The van der Waals surface area contributed by atoms with Crippen LogP contribution < -0.4 is 11.5 Å². The van der Waals surface area contributed by atoms with E-state index in [1.165, 1.54) is 0 Å². The van der Waals surface area contributed by atoms with Gasteiger partial charge in [-0.25, -0.2) is 0 Å². The van der Waals surface area contributed by atoms with Crippen LogP contribution in [0, 0.1) is 3.57 Å². The second-order valence-corrected chi connectivity index (χ2v) is 5.62. The van der Waals surface area contributed by atoms with Crippen molar-refractivity contribution in [1.82, 2.24) is 9.78 Å². The average molecular weight is 370 g/mol. The number of nitrogens with two attached hydrogens (primary N) is 2. The van der Waals surface area contributed by atoms with Gasteiger partial charge in [0.1, 0.15) is 5.54 Å². The molecule has 1 aromatic carbocycles. The van der Waals surface area contributed by atoms with Gasteiger partial charge in [0.25, 0.3) is 0 Å². The molecule has 1 amide bonds. The van der Waals surface area contributed by atoms with Gasteiger partial charge in [-0.1, -0.05) is 30.3 Å². The first-order chi connectivity index (χ1) is 9.02. The Balaban J connectivity index is 2.19. The highest BCUT2D eigenvalue weighted by atomic mass is 127. The van der Waals surface area contributed by atoms with Crippen molar-refractivity contribution in [1.29, 1.82) is 0 Å². The lowest BCUT2D eigenvalue weighted by molar-refractivity contribution is -0.123. The third-order valence-corrected chi connectivity index (χ3v) is 3.62. The molecule has 2 rings (SSSR count). The van der Waals surface area contributed by atoms with E-state index in [0.29, 0.717) is 13.0 Å². The molecule has 5 nitrogen and oxygen atoms in total. The molecular weight excluding hydrogens is 355 g/mol. The number of aryl methyl sites for hydroxylation is 1. The number of rotatable bonds is 5. The van der Waals surface area contributed by atoms with Crippen molar-refractivity contribution in [3.05, 3.63) is 51.9 Å². The van der Waals surface area contributed by atoms with Gasteiger partial charge in [-0.3, -0.25) is 9.48 Å². The molecule has 1 atom stereocenters. The highest BCUT2D eigenvalue weighted by molar-refractivity contribution is 14.1. The standard InChI is InChI=1S/C13H15IN4O/c14-11-8-17-18(9-11)7-6-13(16,12(15)19)10-4-2-1-3-5-10/h1-5,8-9H,6-7,16H2,(H2,15,19). The van der Waals surface area contributed by atoms with Crippen LogP contribution in [0.1, 0.15) is 12.0 Å². The van der Waals surface area contributed by atoms with Gasteiger partial charge in [0.2, 0.25) is 5.91 Å². The first kappa shape index (κ1) is 14.0. The molecule has 0 spiro atoms. The summed E-state index contributed by atoms with van der Waals surface area (Å²) in [6, 6.07) is 9.20. The molecule has 100 valence electrons. The second kappa shape index (κ2) is 5.70. The Labute approximate surface area is 125 Å². The van der Waals surface area contributed by atoms with Gasteiger partial charge in [-0.05, 0) is 34.6 Å². The minimum absolute atomic E-state index is 0.407. The van der Waals surface area contributed by atoms with E-state index in [1.54, 1.807) is 10.9 Å². The number of hydrogen-bond acceptors (Lipinski definition) is 3. The number of primary amides is 1. The molecule has 0 radical (unpaired) electrons. The predicted octanol–water partition coefficient (Wildman–Crippen LogP) is 1.22. The van der Waals surface area contributed by atoms with Crippen LogP contribution >= 0.6 is 22.6 Å². The van der Waals surface area contributed by atoms with E-state index in [1.807, 2.05) is 36.5 Å². The summed E-state index contributed by atoms with van der Waals surface area (Å²) in [7, 11) is 0. The molecule has 0 bridgehead atoms. The summed E-state index contributed by atoms with van der Waals surface area (Å²) in [4.78, 5) is 11.7. The van der Waals surface area contributed by atoms with Gasteiger partial charge in [0.05, 0.1) is 9.77 Å². The lowest BCUT2D eigenvalue weighted by Gasteiger charge is -2.26. The number of carbonyl (C=O) groups excluding carboxylic acids is 1. The molecule has 0 aliphatic heterocycles. The fraction of sp³-hybridized carbons (Fsp3) is 0.231. The van der Waals surface area contributed by atoms with E-state index in [4.69, 9.17) is 11.5 Å². The Hall–Kier alpha value is -1.41. The fourth-order valence-electron chi connectivity index (χ4n) is 1.90. The second-order valence-electron chi connectivity index (χ2n) is 4.37. The van der Waals surface area contributed by atoms with Crippen molar-refractivity contribution in [2.45, 2.75) is 18.5 Å². The Morgan fingerprint density at radius 3 is 2.58 bits per heavy atom. The lowest BCUT2D eigenvalue weighted by Crippen LogP contribution is -2.49. The number of amides is 1. The van der Waals surface area contributed by atoms with E-state index >= 15 is 0 Å². The molecule has 1 unspecified atom stereocenters. The summed E-state index contributed by atoms with van der Waals surface area (Å²) in [5, 5.41) is 4.17. The summed E-state index contributed by atoms with van der Waals surface area (Å²) in [5.74, 6) is -0.527. The first-order valence-corrected chi connectivity index (χ1v) is 6.92. The van der Waals surface area contributed by atoms with Crippen LogP contribution in [0.4, 0.5) is 0 Å². The van der Waals surface area contributed by atoms with Crippen LogP contribution in [0.15, 0.2) is 42.7 Å². The Bertz CT molecular complexity index is 569. The number of carbonyl (C=O) groups is 1. The molecule has 6 heteroatoms. The highest BCUT2D eigenvalue weighted by Crippen LogP contribution is 2.22. The summed E-state index contributed by atoms with van der Waals surface area (Å²) in [6.07, 6.45) is 4.06. The number of benzene rings is 1. The zero-order chi connectivity index (χ0) is 13.9. The molecule has 0 fully saturated rings. The smallest absolute Gasteiger partial charge is 0.242 e. The Morgan fingerprint density at radius 2 is 2.05 bits per heavy atom. The van der Waals surface area contributed by atoms with E-state index in [-0.39, 0.29) is 0 Å². The van der Waals surface area contributed by atoms with E-state index in [9.17, 15) is 4.79 Å². The van der Waals surface area contributed by atoms with Crippen molar-refractivity contribution in [3.8, 4) is 0 Å². The molecule has 0 aliphatic carbocycles. The molecular formula is C13H15IN4O. The SMILES string of the molecule is NC(=O)C(N)(CCn1cc(I)cn1)c1ccccc1. The van der Waals surface area contributed by atoms with Crippen LogP contribution in [0.25, 0.3) is 0 Å². The molecule has 4 N–H and O–H groups in total. The van der Waals surface area contributed by atoms with Crippen LogP contribution in [0.3, 0.4) is 0 Å². The number of aromatic nitrogens is 2. The van der Waals surface area contributed by atoms with Gasteiger partial charge in [0.15, 0.2) is 0 Å². The minimum Gasteiger partial charge on any atom is -0.368 e. The Kier molecular flexibility index (Phi) is 4.20. The van der Waals surface area contributed by atoms with E-state index in [2.05, 4.69) is 27.7 Å².